The molecule has 1 fully saturated rings. The van der Waals surface area contributed by atoms with Crippen molar-refractivity contribution in [2.24, 2.45) is 0 Å². The predicted octanol–water partition coefficient (Wildman–Crippen LogP) is 1.83. The lowest BCUT2D eigenvalue weighted by atomic mass is 9.83. The van der Waals surface area contributed by atoms with Crippen LogP contribution in [0.2, 0.25) is 0 Å². The number of thiophene rings is 1. The Kier molecular flexibility index (Phi) is 4.66. The molecule has 1 heterocycles. The van der Waals surface area contributed by atoms with E-state index in [1.165, 1.54) is 17.4 Å². The van der Waals surface area contributed by atoms with Gasteiger partial charge in [-0.3, -0.25) is 4.79 Å². The van der Waals surface area contributed by atoms with Crippen molar-refractivity contribution in [3.05, 3.63) is 21.9 Å². The summed E-state index contributed by atoms with van der Waals surface area (Å²) in [6.07, 6.45) is 2.95. The van der Waals surface area contributed by atoms with E-state index in [1.807, 2.05) is 6.07 Å². The second kappa shape index (κ2) is 6.13. The van der Waals surface area contributed by atoms with Crippen molar-refractivity contribution in [1.82, 2.24) is 4.72 Å². The molecule has 1 aliphatic carbocycles. The number of sulfonamides is 1. The molecule has 0 saturated heterocycles. The fourth-order valence-electron chi connectivity index (χ4n) is 2.58. The van der Waals surface area contributed by atoms with E-state index >= 15 is 0 Å². The molecular formula is C13H16N2O4S2. The zero-order valence-corrected chi connectivity index (χ0v) is 13.0. The zero-order valence-electron chi connectivity index (χ0n) is 11.3. The first-order chi connectivity index (χ1) is 9.87. The fourth-order valence-corrected chi connectivity index (χ4v) is 4.95. The van der Waals surface area contributed by atoms with Crippen LogP contribution in [-0.2, 0) is 20.6 Å². The summed E-state index contributed by atoms with van der Waals surface area (Å²) < 4.78 is 26.8. The topological polar surface area (TPSA) is 107 Å². The first-order valence-corrected chi connectivity index (χ1v) is 9.13. The first kappa shape index (κ1) is 15.9. The van der Waals surface area contributed by atoms with Gasteiger partial charge in [0.2, 0.25) is 10.0 Å². The smallest absolute Gasteiger partial charge is 0.324 e. The van der Waals surface area contributed by atoms with Crippen LogP contribution in [0.3, 0.4) is 0 Å². The Morgan fingerprint density at radius 2 is 2.10 bits per heavy atom. The van der Waals surface area contributed by atoms with Gasteiger partial charge in [0.25, 0.3) is 0 Å². The van der Waals surface area contributed by atoms with Gasteiger partial charge in [0.15, 0.2) is 0 Å². The number of nitriles is 1. The molecule has 0 spiro atoms. The maximum atomic E-state index is 12.2. The zero-order chi connectivity index (χ0) is 15.5. The molecule has 0 aromatic carbocycles. The average molecular weight is 328 g/mol. The highest BCUT2D eigenvalue weighted by molar-refractivity contribution is 7.88. The monoisotopic (exact) mass is 328 g/mol. The van der Waals surface area contributed by atoms with Crippen LogP contribution >= 0.6 is 11.3 Å². The maximum absolute atomic E-state index is 12.2. The van der Waals surface area contributed by atoms with Crippen molar-refractivity contribution >= 4 is 27.3 Å². The number of rotatable bonds is 5. The second-order valence-corrected chi connectivity index (χ2v) is 7.87. The quantitative estimate of drug-likeness (QED) is 0.857. The Balaban J connectivity index is 2.15. The number of nitrogens with one attached hydrogen (secondary N) is 1. The molecule has 2 N–H and O–H groups in total. The van der Waals surface area contributed by atoms with Gasteiger partial charge in [-0.1, -0.05) is 19.3 Å². The number of aliphatic carboxylic acids is 1. The van der Waals surface area contributed by atoms with Gasteiger partial charge in [0.1, 0.15) is 16.5 Å². The molecule has 8 heteroatoms. The number of hydrogen-bond donors (Lipinski definition) is 2. The highest BCUT2D eigenvalue weighted by Gasteiger charge is 2.42. The Hall–Kier alpha value is -1.43. The first-order valence-electron chi connectivity index (χ1n) is 6.59. The van der Waals surface area contributed by atoms with Crippen molar-refractivity contribution in [2.45, 2.75) is 43.4 Å². The van der Waals surface area contributed by atoms with Gasteiger partial charge in [-0.2, -0.15) is 9.98 Å². The summed E-state index contributed by atoms with van der Waals surface area (Å²) >= 11 is 1.17. The minimum atomic E-state index is -3.77. The fraction of sp³-hybridized carbons (Fsp3) is 0.538. The lowest BCUT2D eigenvalue weighted by Gasteiger charge is -2.33. The van der Waals surface area contributed by atoms with E-state index in [0.29, 0.717) is 36.1 Å². The maximum Gasteiger partial charge on any atom is 0.324 e. The molecule has 6 nitrogen and oxygen atoms in total. The summed E-state index contributed by atoms with van der Waals surface area (Å²) in [7, 11) is -3.77. The summed E-state index contributed by atoms with van der Waals surface area (Å²) in [6.45, 7) is 0. The van der Waals surface area contributed by atoms with Crippen LogP contribution in [0.4, 0.5) is 0 Å². The molecule has 1 aliphatic rings. The summed E-state index contributed by atoms with van der Waals surface area (Å²) in [4.78, 5) is 11.9. The normalized spacial score (nSPS) is 18.0. The number of nitrogens with zero attached hydrogens (tertiary/aromatic N) is 1. The van der Waals surface area contributed by atoms with Crippen LogP contribution in [0.5, 0.6) is 0 Å². The molecule has 0 aliphatic heterocycles. The van der Waals surface area contributed by atoms with Crippen molar-refractivity contribution in [1.29, 1.82) is 5.26 Å². The van der Waals surface area contributed by atoms with Crippen LogP contribution in [0, 0.1) is 11.3 Å². The van der Waals surface area contributed by atoms with Gasteiger partial charge in [0, 0.05) is 0 Å². The number of carboxylic acids is 1. The molecule has 114 valence electrons. The van der Waals surface area contributed by atoms with Gasteiger partial charge in [-0.15, -0.1) is 11.3 Å². The van der Waals surface area contributed by atoms with E-state index in [2.05, 4.69) is 4.72 Å². The lowest BCUT2D eigenvalue weighted by Crippen LogP contribution is -2.55. The SMILES string of the molecule is N#Cc1cc(CS(=O)(=O)NC2(C(=O)O)CCCCC2)cs1. The van der Waals surface area contributed by atoms with E-state index in [9.17, 15) is 18.3 Å². The second-order valence-electron chi connectivity index (χ2n) is 5.24. The van der Waals surface area contributed by atoms with Gasteiger partial charge < -0.3 is 5.11 Å². The molecule has 1 aromatic rings. The highest BCUT2D eigenvalue weighted by Crippen LogP contribution is 2.30. The van der Waals surface area contributed by atoms with E-state index in [1.54, 1.807) is 5.38 Å². The van der Waals surface area contributed by atoms with Gasteiger partial charge in [-0.05, 0) is 29.9 Å². The van der Waals surface area contributed by atoms with Crippen LogP contribution in [0.15, 0.2) is 11.4 Å². The summed E-state index contributed by atoms with van der Waals surface area (Å²) in [6, 6.07) is 3.46. The van der Waals surface area contributed by atoms with Crippen LogP contribution in [0.1, 0.15) is 42.5 Å². The van der Waals surface area contributed by atoms with Gasteiger partial charge in [-0.25, -0.2) is 8.42 Å². The molecule has 1 saturated carbocycles. The minimum absolute atomic E-state index is 0.305. The molecule has 2 rings (SSSR count). The molecule has 0 amide bonds. The molecule has 0 atom stereocenters. The largest absolute Gasteiger partial charge is 0.480 e. The molecule has 21 heavy (non-hydrogen) atoms. The number of hydrogen-bond acceptors (Lipinski definition) is 5. The minimum Gasteiger partial charge on any atom is -0.480 e. The Labute approximate surface area is 127 Å². The molecular weight excluding hydrogens is 312 g/mol. The Morgan fingerprint density at radius 3 is 2.62 bits per heavy atom. The van der Waals surface area contributed by atoms with Crippen molar-refractivity contribution < 1.29 is 18.3 Å². The molecule has 0 radical (unpaired) electrons. The van der Waals surface area contributed by atoms with Gasteiger partial charge in [0.05, 0.1) is 5.75 Å². The Bertz CT molecular complexity index is 667. The number of carboxylic acid groups (broad SMARTS) is 1. The van der Waals surface area contributed by atoms with Crippen LogP contribution in [0.25, 0.3) is 0 Å². The molecule has 0 bridgehead atoms. The van der Waals surface area contributed by atoms with Gasteiger partial charge >= 0.3 is 5.97 Å². The van der Waals surface area contributed by atoms with Crippen molar-refractivity contribution in [3.8, 4) is 6.07 Å². The Morgan fingerprint density at radius 1 is 1.43 bits per heavy atom. The van der Waals surface area contributed by atoms with Crippen molar-refractivity contribution in [2.75, 3.05) is 0 Å². The standard InChI is InChI=1S/C13H16N2O4S2/c14-7-11-6-10(8-20-11)9-21(18,19)15-13(12(16)17)4-2-1-3-5-13/h6,8,15H,1-5,9H2,(H,16,17). The van der Waals surface area contributed by atoms with Crippen molar-refractivity contribution in [3.63, 3.8) is 0 Å². The summed E-state index contributed by atoms with van der Waals surface area (Å²) in [5.74, 6) is -1.42. The molecule has 1 aromatic heterocycles. The van der Waals surface area contributed by atoms with E-state index in [-0.39, 0.29) is 5.75 Å². The van der Waals surface area contributed by atoms with Crippen LogP contribution < -0.4 is 4.72 Å². The summed E-state index contributed by atoms with van der Waals surface area (Å²) in [5.41, 5.74) is -0.883. The third-order valence-corrected chi connectivity index (χ3v) is 5.89. The summed E-state index contributed by atoms with van der Waals surface area (Å²) in [5, 5.41) is 19.7. The molecule has 0 unspecified atom stereocenters. The van der Waals surface area contributed by atoms with E-state index in [4.69, 9.17) is 5.26 Å². The predicted molar refractivity (Wildman–Crippen MR) is 78.2 cm³/mol. The van der Waals surface area contributed by atoms with Crippen LogP contribution in [-0.4, -0.2) is 25.0 Å². The average Bonchev–Trinajstić information content (AvgIpc) is 2.85. The van der Waals surface area contributed by atoms with E-state index < -0.39 is 21.5 Å². The number of carbonyl (C=O) groups is 1. The lowest BCUT2D eigenvalue weighted by molar-refractivity contribution is -0.145. The third kappa shape index (κ3) is 3.81. The third-order valence-electron chi connectivity index (χ3n) is 3.59. The highest BCUT2D eigenvalue weighted by atomic mass is 32.2. The van der Waals surface area contributed by atoms with E-state index in [0.717, 1.165) is 6.42 Å².